The van der Waals surface area contributed by atoms with Crippen LogP contribution in [0.25, 0.3) is 10.8 Å². The monoisotopic (exact) mass is 398 g/mol. The highest BCUT2D eigenvalue weighted by Gasteiger charge is 2.27. The van der Waals surface area contributed by atoms with E-state index in [0.29, 0.717) is 6.42 Å². The van der Waals surface area contributed by atoms with Crippen molar-refractivity contribution in [1.29, 1.82) is 5.26 Å². The quantitative estimate of drug-likeness (QED) is 0.731. The van der Waals surface area contributed by atoms with E-state index in [1.54, 1.807) is 6.33 Å². The number of anilines is 2. The third-order valence-corrected chi connectivity index (χ3v) is 6.31. The van der Waals surface area contributed by atoms with Crippen LogP contribution in [0.1, 0.15) is 23.2 Å². The second-order valence-corrected chi connectivity index (χ2v) is 8.20. The van der Waals surface area contributed by atoms with Crippen LogP contribution >= 0.6 is 0 Å². The smallest absolute Gasteiger partial charge is 0.135 e. The Bertz CT molecular complexity index is 1110. The molecule has 0 radical (unpaired) electrons. The molecule has 0 amide bonds. The number of nitrogens with zero attached hydrogens (tertiary/aromatic N) is 5. The van der Waals surface area contributed by atoms with Crippen molar-refractivity contribution >= 4 is 22.3 Å². The molecule has 1 aromatic heterocycles. The Kier molecular flexibility index (Phi) is 4.97. The third kappa shape index (κ3) is 3.35. The first kappa shape index (κ1) is 18.8. The summed E-state index contributed by atoms with van der Waals surface area (Å²) in [6, 6.07) is 15.5. The molecule has 2 aromatic carbocycles. The normalized spacial score (nSPS) is 18.9. The number of fused-ring (bicyclic) bond motifs is 2. The van der Waals surface area contributed by atoms with Gasteiger partial charge in [0.25, 0.3) is 0 Å². The summed E-state index contributed by atoms with van der Waals surface area (Å²) in [5.74, 6) is 1.05. The van der Waals surface area contributed by atoms with Crippen LogP contribution in [0.2, 0.25) is 0 Å². The Balaban J connectivity index is 1.45. The van der Waals surface area contributed by atoms with Crippen LogP contribution in [0.5, 0.6) is 0 Å². The fraction of sp³-hybridized carbons (Fsp3) is 0.375. The highest BCUT2D eigenvalue weighted by Crippen LogP contribution is 2.34. The Morgan fingerprint density at radius 2 is 2.00 bits per heavy atom. The maximum absolute atomic E-state index is 9.06. The molecule has 1 unspecified atom stereocenters. The Hall–Kier alpha value is -3.17. The van der Waals surface area contributed by atoms with Crippen LogP contribution in [-0.4, -0.2) is 42.2 Å². The second-order valence-electron chi connectivity index (χ2n) is 8.20. The van der Waals surface area contributed by atoms with E-state index < -0.39 is 0 Å². The van der Waals surface area contributed by atoms with Gasteiger partial charge in [0.05, 0.1) is 24.7 Å². The summed E-state index contributed by atoms with van der Waals surface area (Å²) in [5.41, 5.74) is 4.98. The van der Waals surface area contributed by atoms with Gasteiger partial charge in [-0.1, -0.05) is 30.3 Å². The number of benzene rings is 2. The molecule has 0 aliphatic carbocycles. The molecule has 0 saturated carbocycles. The van der Waals surface area contributed by atoms with Crippen LogP contribution in [0.4, 0.5) is 11.5 Å². The van der Waals surface area contributed by atoms with Crippen LogP contribution in [0.15, 0.2) is 42.7 Å². The maximum atomic E-state index is 9.06. The van der Waals surface area contributed by atoms with Crippen molar-refractivity contribution in [1.82, 2.24) is 15.3 Å². The summed E-state index contributed by atoms with van der Waals surface area (Å²) >= 11 is 0. The molecule has 152 valence electrons. The molecule has 3 aromatic rings. The van der Waals surface area contributed by atoms with Gasteiger partial charge in [-0.3, -0.25) is 0 Å². The first-order valence-corrected chi connectivity index (χ1v) is 10.7. The lowest BCUT2D eigenvalue weighted by Crippen LogP contribution is -2.51. The van der Waals surface area contributed by atoms with Crippen molar-refractivity contribution in [3.63, 3.8) is 0 Å². The summed E-state index contributed by atoms with van der Waals surface area (Å²) in [7, 11) is 0. The Morgan fingerprint density at radius 1 is 1.13 bits per heavy atom. The van der Waals surface area contributed by atoms with E-state index in [-0.39, 0.29) is 6.04 Å². The number of hydrogen-bond donors (Lipinski definition) is 1. The SMILES string of the molecule is Cc1cccc2cccc(N3CCc4c(ncnc4N4CCNC(CC#N)C4)C3)c12. The lowest BCUT2D eigenvalue weighted by molar-refractivity contribution is 0.459. The van der Waals surface area contributed by atoms with Crippen LogP contribution in [0.3, 0.4) is 0 Å². The predicted molar refractivity (Wildman–Crippen MR) is 120 cm³/mol. The summed E-state index contributed by atoms with van der Waals surface area (Å²) in [6.45, 7) is 6.56. The molecule has 5 rings (SSSR count). The molecule has 6 heteroatoms. The van der Waals surface area contributed by atoms with Crippen molar-refractivity contribution in [3.05, 3.63) is 59.5 Å². The zero-order chi connectivity index (χ0) is 20.5. The van der Waals surface area contributed by atoms with E-state index in [4.69, 9.17) is 5.26 Å². The van der Waals surface area contributed by atoms with Crippen molar-refractivity contribution < 1.29 is 0 Å². The predicted octanol–water partition coefficient (Wildman–Crippen LogP) is 3.19. The third-order valence-electron chi connectivity index (χ3n) is 6.31. The average molecular weight is 399 g/mol. The molecule has 0 bridgehead atoms. The Morgan fingerprint density at radius 3 is 2.87 bits per heavy atom. The van der Waals surface area contributed by atoms with E-state index in [9.17, 15) is 0 Å². The molecule has 1 fully saturated rings. The molecular weight excluding hydrogens is 372 g/mol. The number of rotatable bonds is 3. The van der Waals surface area contributed by atoms with Gasteiger partial charge in [0, 0.05) is 48.9 Å². The molecule has 2 aliphatic rings. The minimum atomic E-state index is 0.202. The largest absolute Gasteiger partial charge is 0.365 e. The van der Waals surface area contributed by atoms with E-state index in [1.807, 2.05) is 0 Å². The van der Waals surface area contributed by atoms with Gasteiger partial charge in [0.15, 0.2) is 0 Å². The maximum Gasteiger partial charge on any atom is 0.135 e. The van der Waals surface area contributed by atoms with Gasteiger partial charge in [-0.25, -0.2) is 9.97 Å². The molecule has 3 heterocycles. The second kappa shape index (κ2) is 7.92. The van der Waals surface area contributed by atoms with Gasteiger partial charge in [0.1, 0.15) is 12.1 Å². The minimum Gasteiger partial charge on any atom is -0.365 e. The van der Waals surface area contributed by atoms with Gasteiger partial charge < -0.3 is 15.1 Å². The van der Waals surface area contributed by atoms with Gasteiger partial charge in [-0.15, -0.1) is 0 Å². The van der Waals surface area contributed by atoms with Crippen molar-refractivity contribution in [2.45, 2.75) is 32.4 Å². The summed E-state index contributed by atoms with van der Waals surface area (Å²) in [6.07, 6.45) is 3.16. The standard InChI is InChI=1S/C24H26N6/c1-17-4-2-5-18-6-3-7-22(23(17)18)29-12-9-20-21(15-29)27-16-28-24(20)30-13-11-26-19(14-30)8-10-25/h2-7,16,19,26H,8-9,11-15H2,1H3. The lowest BCUT2D eigenvalue weighted by atomic mass is 9.99. The number of piperazine rings is 1. The minimum absolute atomic E-state index is 0.202. The van der Waals surface area contributed by atoms with Crippen molar-refractivity contribution in [3.8, 4) is 6.07 Å². The molecule has 1 N–H and O–H groups in total. The molecule has 2 aliphatic heterocycles. The fourth-order valence-electron chi connectivity index (χ4n) is 4.85. The zero-order valence-electron chi connectivity index (χ0n) is 17.3. The fourth-order valence-corrected chi connectivity index (χ4v) is 4.85. The molecule has 30 heavy (non-hydrogen) atoms. The van der Waals surface area contributed by atoms with Gasteiger partial charge in [-0.2, -0.15) is 5.26 Å². The van der Waals surface area contributed by atoms with Crippen molar-refractivity contribution in [2.75, 3.05) is 36.0 Å². The highest BCUT2D eigenvalue weighted by molar-refractivity contribution is 5.97. The van der Waals surface area contributed by atoms with Crippen molar-refractivity contribution in [2.24, 2.45) is 0 Å². The number of nitriles is 1. The topological polar surface area (TPSA) is 68.1 Å². The van der Waals surface area contributed by atoms with Crippen LogP contribution in [-0.2, 0) is 13.0 Å². The first-order valence-electron chi connectivity index (χ1n) is 10.7. The average Bonchev–Trinajstić information content (AvgIpc) is 2.78. The summed E-state index contributed by atoms with van der Waals surface area (Å²) < 4.78 is 0. The number of aryl methyl sites for hydroxylation is 1. The Labute approximate surface area is 177 Å². The number of hydrogen-bond acceptors (Lipinski definition) is 6. The van der Waals surface area contributed by atoms with Gasteiger partial charge in [0.2, 0.25) is 0 Å². The summed E-state index contributed by atoms with van der Waals surface area (Å²) in [5, 5.41) is 15.1. The van der Waals surface area contributed by atoms with E-state index >= 15 is 0 Å². The van der Waals surface area contributed by atoms with Gasteiger partial charge in [-0.05, 0) is 30.4 Å². The highest BCUT2D eigenvalue weighted by atomic mass is 15.3. The molecule has 6 nitrogen and oxygen atoms in total. The van der Waals surface area contributed by atoms with Crippen LogP contribution < -0.4 is 15.1 Å². The number of aromatic nitrogens is 2. The molecule has 1 atom stereocenters. The molecular formula is C24H26N6. The van der Waals surface area contributed by atoms with E-state index in [1.165, 1.54) is 27.6 Å². The van der Waals surface area contributed by atoms with E-state index in [0.717, 1.165) is 50.7 Å². The first-order chi connectivity index (χ1) is 14.7. The van der Waals surface area contributed by atoms with Gasteiger partial charge >= 0.3 is 0 Å². The lowest BCUT2D eigenvalue weighted by Gasteiger charge is -2.37. The molecule has 0 spiro atoms. The van der Waals surface area contributed by atoms with Crippen LogP contribution in [0, 0.1) is 18.3 Å². The zero-order valence-corrected chi connectivity index (χ0v) is 17.3. The number of nitrogens with one attached hydrogen (secondary N) is 1. The van der Waals surface area contributed by atoms with E-state index in [2.05, 4.69) is 74.5 Å². The summed E-state index contributed by atoms with van der Waals surface area (Å²) in [4.78, 5) is 14.1. The molecule has 1 saturated heterocycles.